The van der Waals surface area contributed by atoms with Gasteiger partial charge >= 0.3 is 0 Å². The maximum atomic E-state index is 13.6. The molecule has 2 aromatic carbocycles. The average Bonchev–Trinajstić information content (AvgIpc) is 3.31. The van der Waals surface area contributed by atoms with Gasteiger partial charge in [0, 0.05) is 17.3 Å². The number of carbonyl (C=O) groups excluding carboxylic acids is 3. The van der Waals surface area contributed by atoms with Gasteiger partial charge in [-0.3, -0.25) is 24.6 Å². The van der Waals surface area contributed by atoms with E-state index in [2.05, 4.69) is 10.6 Å². The van der Waals surface area contributed by atoms with Crippen LogP contribution in [0.2, 0.25) is 0 Å². The fourth-order valence-electron chi connectivity index (χ4n) is 5.25. The molecule has 6 nitrogen and oxygen atoms in total. The molecule has 154 valence electrons. The second-order valence-corrected chi connectivity index (χ2v) is 8.61. The third kappa shape index (κ3) is 2.41. The van der Waals surface area contributed by atoms with Crippen LogP contribution < -0.4 is 10.6 Å². The van der Waals surface area contributed by atoms with E-state index >= 15 is 0 Å². The number of hydrogen-bond acceptors (Lipinski definition) is 4. The number of fused-ring (bicyclic) bond motifs is 4. The largest absolute Gasteiger partial charge is 0.324 e. The zero-order valence-corrected chi connectivity index (χ0v) is 16.7. The van der Waals surface area contributed by atoms with Gasteiger partial charge in [-0.25, -0.2) is 4.39 Å². The van der Waals surface area contributed by atoms with Gasteiger partial charge < -0.3 is 5.32 Å². The van der Waals surface area contributed by atoms with Crippen molar-refractivity contribution in [2.75, 3.05) is 5.32 Å². The van der Waals surface area contributed by atoms with Gasteiger partial charge in [0.15, 0.2) is 0 Å². The number of hydrogen-bond donors (Lipinski definition) is 2. The lowest BCUT2D eigenvalue weighted by Crippen LogP contribution is -2.53. The van der Waals surface area contributed by atoms with Crippen LogP contribution in [0.3, 0.4) is 0 Å². The first-order valence-electron chi connectivity index (χ1n) is 10.1. The molecule has 0 aliphatic carbocycles. The van der Waals surface area contributed by atoms with Gasteiger partial charge in [-0.2, -0.15) is 0 Å². The highest BCUT2D eigenvalue weighted by Gasteiger charge is 2.70. The molecule has 5 rings (SSSR count). The number of halogens is 1. The predicted molar refractivity (Wildman–Crippen MR) is 107 cm³/mol. The lowest BCUT2D eigenvalue weighted by molar-refractivity contribution is -0.143. The molecule has 2 saturated heterocycles. The normalized spacial score (nSPS) is 29.7. The van der Waals surface area contributed by atoms with E-state index in [1.165, 1.54) is 17.0 Å². The molecule has 3 heterocycles. The lowest BCUT2D eigenvalue weighted by atomic mass is 9.76. The Morgan fingerprint density at radius 3 is 2.43 bits per heavy atom. The molecule has 7 heteroatoms. The minimum atomic E-state index is -1.26. The molecule has 1 spiro atoms. The van der Waals surface area contributed by atoms with Crippen molar-refractivity contribution in [3.63, 3.8) is 0 Å². The molecule has 2 N–H and O–H groups in total. The molecule has 0 aromatic heterocycles. The van der Waals surface area contributed by atoms with Crippen molar-refractivity contribution >= 4 is 23.4 Å². The second-order valence-electron chi connectivity index (χ2n) is 8.61. The quantitative estimate of drug-likeness (QED) is 0.766. The molecule has 2 fully saturated rings. The standard InChI is InChI=1S/C23H22FN3O3/c1-12(2)19-17-18(23(26-19)15-5-3-4-6-16(15)25-22(23)30)21(29)27(20(17)28)11-13-7-9-14(24)10-8-13/h3-10,12,17-19,26H,11H2,1-2H3,(H,25,30)/t17-,18-,19-,23+/m0/s1. The molecule has 3 aliphatic rings. The summed E-state index contributed by atoms with van der Waals surface area (Å²) in [7, 11) is 0. The Morgan fingerprint density at radius 2 is 1.73 bits per heavy atom. The number of nitrogens with zero attached hydrogens (tertiary/aromatic N) is 1. The second kappa shape index (κ2) is 6.47. The third-order valence-electron chi connectivity index (χ3n) is 6.62. The summed E-state index contributed by atoms with van der Waals surface area (Å²) in [6.45, 7) is 4.02. The maximum absolute atomic E-state index is 13.6. The molecule has 3 amide bonds. The van der Waals surface area contributed by atoms with Crippen LogP contribution in [-0.4, -0.2) is 28.7 Å². The van der Waals surface area contributed by atoms with Gasteiger partial charge in [-0.05, 0) is 29.7 Å². The fourth-order valence-corrected chi connectivity index (χ4v) is 5.25. The minimum Gasteiger partial charge on any atom is -0.324 e. The molecular weight excluding hydrogens is 385 g/mol. The van der Waals surface area contributed by atoms with Crippen molar-refractivity contribution in [3.05, 3.63) is 65.5 Å². The first kappa shape index (κ1) is 18.9. The Kier molecular flexibility index (Phi) is 4.08. The number of rotatable bonds is 3. The highest BCUT2D eigenvalue weighted by atomic mass is 19.1. The van der Waals surface area contributed by atoms with Gasteiger partial charge in [0.05, 0.1) is 18.4 Å². The van der Waals surface area contributed by atoms with Crippen molar-refractivity contribution in [1.29, 1.82) is 0 Å². The highest BCUT2D eigenvalue weighted by molar-refractivity contribution is 6.15. The zero-order chi connectivity index (χ0) is 21.2. The summed E-state index contributed by atoms with van der Waals surface area (Å²) in [5.74, 6) is -2.73. The Morgan fingerprint density at radius 1 is 1.03 bits per heavy atom. The highest BCUT2D eigenvalue weighted by Crippen LogP contribution is 2.53. The van der Waals surface area contributed by atoms with E-state index in [4.69, 9.17) is 0 Å². The molecule has 0 saturated carbocycles. The Hall–Kier alpha value is -3.06. The molecule has 3 aliphatic heterocycles. The number of para-hydroxylation sites is 1. The van der Waals surface area contributed by atoms with Crippen molar-refractivity contribution in [2.24, 2.45) is 17.8 Å². The van der Waals surface area contributed by atoms with Gasteiger partial charge in [0.2, 0.25) is 17.7 Å². The van der Waals surface area contributed by atoms with Crippen LogP contribution in [0.25, 0.3) is 0 Å². The van der Waals surface area contributed by atoms with E-state index in [0.29, 0.717) is 16.8 Å². The maximum Gasteiger partial charge on any atom is 0.250 e. The Labute approximate surface area is 173 Å². The fraction of sp³-hybridized carbons (Fsp3) is 0.348. The van der Waals surface area contributed by atoms with Crippen LogP contribution in [0.5, 0.6) is 0 Å². The summed E-state index contributed by atoms with van der Waals surface area (Å²) in [5.41, 5.74) is 0.770. The molecule has 0 radical (unpaired) electrons. The number of carbonyl (C=O) groups is 3. The Balaban J connectivity index is 1.59. The topological polar surface area (TPSA) is 78.5 Å². The minimum absolute atomic E-state index is 0.0416. The summed E-state index contributed by atoms with van der Waals surface area (Å²) in [4.78, 5) is 41.4. The van der Waals surface area contributed by atoms with Crippen LogP contribution in [0.4, 0.5) is 10.1 Å². The summed E-state index contributed by atoms with van der Waals surface area (Å²) < 4.78 is 13.3. The SMILES string of the molecule is CC(C)[C@@H]1N[C@@]2(C(=O)Nc3ccccc32)[C@@H]2C(=O)N(Cc3ccc(F)cc3)C(=O)[C@@H]21. The van der Waals surface area contributed by atoms with Crippen LogP contribution in [0, 0.1) is 23.6 Å². The smallest absolute Gasteiger partial charge is 0.250 e. The number of benzene rings is 2. The van der Waals surface area contributed by atoms with Gasteiger partial charge in [-0.15, -0.1) is 0 Å². The molecular formula is C23H22FN3O3. The van der Waals surface area contributed by atoms with E-state index in [0.717, 1.165) is 0 Å². The van der Waals surface area contributed by atoms with Gasteiger partial charge in [-0.1, -0.05) is 44.2 Å². The zero-order valence-electron chi connectivity index (χ0n) is 16.7. The number of anilines is 1. The van der Waals surface area contributed by atoms with E-state index in [1.54, 1.807) is 18.2 Å². The molecule has 0 bridgehead atoms. The number of nitrogens with one attached hydrogen (secondary N) is 2. The lowest BCUT2D eigenvalue weighted by Gasteiger charge is -2.30. The first-order chi connectivity index (χ1) is 14.3. The summed E-state index contributed by atoms with van der Waals surface area (Å²) in [6.07, 6.45) is 0. The summed E-state index contributed by atoms with van der Waals surface area (Å²) in [6, 6.07) is 12.7. The van der Waals surface area contributed by atoms with E-state index < -0.39 is 17.4 Å². The molecule has 30 heavy (non-hydrogen) atoms. The van der Waals surface area contributed by atoms with E-state index in [9.17, 15) is 18.8 Å². The Bertz CT molecular complexity index is 1070. The van der Waals surface area contributed by atoms with Crippen molar-refractivity contribution in [1.82, 2.24) is 10.2 Å². The van der Waals surface area contributed by atoms with Crippen LogP contribution in [0.1, 0.15) is 25.0 Å². The summed E-state index contributed by atoms with van der Waals surface area (Å²) in [5, 5.41) is 6.28. The predicted octanol–water partition coefficient (Wildman–Crippen LogP) is 2.40. The van der Waals surface area contributed by atoms with Crippen molar-refractivity contribution < 1.29 is 18.8 Å². The summed E-state index contributed by atoms with van der Waals surface area (Å²) >= 11 is 0. The molecule has 2 aromatic rings. The number of likely N-dealkylation sites (tertiary alicyclic amines) is 1. The van der Waals surface area contributed by atoms with Crippen LogP contribution in [-0.2, 0) is 26.5 Å². The van der Waals surface area contributed by atoms with E-state index in [-0.39, 0.29) is 42.0 Å². The van der Waals surface area contributed by atoms with Gasteiger partial charge in [0.1, 0.15) is 11.4 Å². The van der Waals surface area contributed by atoms with Crippen LogP contribution in [0.15, 0.2) is 48.5 Å². The molecule has 0 unspecified atom stereocenters. The van der Waals surface area contributed by atoms with Crippen molar-refractivity contribution in [3.8, 4) is 0 Å². The monoisotopic (exact) mass is 407 g/mol. The van der Waals surface area contributed by atoms with Crippen LogP contribution >= 0.6 is 0 Å². The van der Waals surface area contributed by atoms with E-state index in [1.807, 2.05) is 32.0 Å². The number of amides is 3. The first-order valence-corrected chi connectivity index (χ1v) is 10.1. The molecule has 4 atom stereocenters. The van der Waals surface area contributed by atoms with Gasteiger partial charge in [0.25, 0.3) is 0 Å². The third-order valence-corrected chi connectivity index (χ3v) is 6.62. The van der Waals surface area contributed by atoms with Crippen molar-refractivity contribution in [2.45, 2.75) is 32.0 Å². The number of imide groups is 1. The average molecular weight is 407 g/mol.